The van der Waals surface area contributed by atoms with Crippen molar-refractivity contribution < 1.29 is 4.74 Å². The van der Waals surface area contributed by atoms with Crippen molar-refractivity contribution in [2.45, 2.75) is 19.4 Å². The molecule has 1 fully saturated rings. The highest BCUT2D eigenvalue weighted by Gasteiger charge is 2.18. The highest BCUT2D eigenvalue weighted by molar-refractivity contribution is 5.50. The molecule has 1 aromatic rings. The normalized spacial score (nSPS) is 20.7. The Labute approximate surface area is 90.8 Å². The number of nitrogens with zero attached hydrogens (tertiary/aromatic N) is 1. The van der Waals surface area contributed by atoms with E-state index in [-0.39, 0.29) is 0 Å². The van der Waals surface area contributed by atoms with E-state index >= 15 is 0 Å². The van der Waals surface area contributed by atoms with Crippen LogP contribution in [-0.2, 0) is 0 Å². The summed E-state index contributed by atoms with van der Waals surface area (Å²) in [6.45, 7) is 4.74. The Bertz CT molecular complexity index is 310. The van der Waals surface area contributed by atoms with Gasteiger partial charge in [-0.25, -0.2) is 0 Å². The predicted octanol–water partition coefficient (Wildman–Crippen LogP) is 1.62. The van der Waals surface area contributed by atoms with E-state index in [9.17, 15) is 0 Å². The molecule has 1 heterocycles. The molecule has 3 nitrogen and oxygen atoms in total. The van der Waals surface area contributed by atoms with E-state index in [1.165, 1.54) is 5.69 Å². The van der Waals surface area contributed by atoms with Gasteiger partial charge in [-0.3, -0.25) is 0 Å². The fourth-order valence-corrected chi connectivity index (χ4v) is 1.94. The molecule has 0 bridgehead atoms. The smallest absolute Gasteiger partial charge is 0.119 e. The lowest BCUT2D eigenvalue weighted by Gasteiger charge is -2.18. The van der Waals surface area contributed by atoms with Gasteiger partial charge in [-0.05, 0) is 37.6 Å². The van der Waals surface area contributed by atoms with Crippen LogP contribution in [0.3, 0.4) is 0 Å². The number of hydrogen-bond donors (Lipinski definition) is 1. The number of hydrogen-bond acceptors (Lipinski definition) is 3. The first-order valence-electron chi connectivity index (χ1n) is 5.53. The molecule has 0 aromatic heterocycles. The number of nitrogens with two attached hydrogens (primary N) is 1. The van der Waals surface area contributed by atoms with Crippen LogP contribution in [-0.4, -0.2) is 25.7 Å². The van der Waals surface area contributed by atoms with Crippen LogP contribution in [0, 0.1) is 0 Å². The van der Waals surface area contributed by atoms with Gasteiger partial charge in [0.1, 0.15) is 5.75 Å². The molecule has 1 aromatic carbocycles. The minimum absolute atomic E-state index is 0.330. The number of benzene rings is 1. The van der Waals surface area contributed by atoms with E-state index in [4.69, 9.17) is 10.5 Å². The minimum atomic E-state index is 0.330. The predicted molar refractivity (Wildman–Crippen MR) is 62.4 cm³/mol. The zero-order valence-corrected chi connectivity index (χ0v) is 9.15. The van der Waals surface area contributed by atoms with Crippen molar-refractivity contribution in [2.24, 2.45) is 5.73 Å². The summed E-state index contributed by atoms with van der Waals surface area (Å²) in [6, 6.07) is 8.56. The van der Waals surface area contributed by atoms with E-state index in [2.05, 4.69) is 17.0 Å². The second kappa shape index (κ2) is 4.53. The Morgan fingerprint density at radius 1 is 1.40 bits per heavy atom. The van der Waals surface area contributed by atoms with Gasteiger partial charge in [-0.1, -0.05) is 0 Å². The van der Waals surface area contributed by atoms with Crippen molar-refractivity contribution in [2.75, 3.05) is 24.6 Å². The van der Waals surface area contributed by atoms with Crippen molar-refractivity contribution in [3.05, 3.63) is 24.3 Å². The lowest BCUT2D eigenvalue weighted by atomic mass is 10.3. The number of rotatable bonds is 3. The highest BCUT2D eigenvalue weighted by atomic mass is 16.5. The molecule has 1 atom stereocenters. The largest absolute Gasteiger partial charge is 0.494 e. The Balaban J connectivity index is 2.03. The summed E-state index contributed by atoms with van der Waals surface area (Å²) in [5.74, 6) is 0.935. The molecule has 0 amide bonds. The first-order valence-corrected chi connectivity index (χ1v) is 5.53. The molecule has 1 aliphatic heterocycles. The molecular formula is C12H18N2O. The first kappa shape index (κ1) is 10.3. The van der Waals surface area contributed by atoms with Crippen molar-refractivity contribution in [3.63, 3.8) is 0 Å². The average molecular weight is 206 g/mol. The summed E-state index contributed by atoms with van der Waals surface area (Å²) < 4.78 is 5.40. The van der Waals surface area contributed by atoms with E-state index in [0.717, 1.165) is 25.3 Å². The molecule has 15 heavy (non-hydrogen) atoms. The van der Waals surface area contributed by atoms with Crippen LogP contribution in [0.25, 0.3) is 0 Å². The summed E-state index contributed by atoms with van der Waals surface area (Å²) in [4.78, 5) is 2.32. The van der Waals surface area contributed by atoms with E-state index < -0.39 is 0 Å². The van der Waals surface area contributed by atoms with Gasteiger partial charge in [0, 0.05) is 24.8 Å². The maximum Gasteiger partial charge on any atom is 0.119 e. The van der Waals surface area contributed by atoms with Crippen LogP contribution in [0.1, 0.15) is 13.3 Å². The van der Waals surface area contributed by atoms with Crippen molar-refractivity contribution in [3.8, 4) is 5.75 Å². The monoisotopic (exact) mass is 206 g/mol. The van der Waals surface area contributed by atoms with Crippen LogP contribution < -0.4 is 15.4 Å². The maximum atomic E-state index is 5.87. The Kier molecular flexibility index (Phi) is 3.11. The van der Waals surface area contributed by atoms with Crippen LogP contribution in [0.4, 0.5) is 5.69 Å². The van der Waals surface area contributed by atoms with E-state index in [0.29, 0.717) is 12.6 Å². The Morgan fingerprint density at radius 3 is 2.67 bits per heavy atom. The van der Waals surface area contributed by atoms with Gasteiger partial charge in [0.05, 0.1) is 6.61 Å². The zero-order chi connectivity index (χ0) is 10.7. The minimum Gasteiger partial charge on any atom is -0.494 e. The van der Waals surface area contributed by atoms with Gasteiger partial charge < -0.3 is 15.4 Å². The van der Waals surface area contributed by atoms with Crippen LogP contribution in [0.2, 0.25) is 0 Å². The molecule has 1 saturated heterocycles. The summed E-state index contributed by atoms with van der Waals surface area (Å²) in [5.41, 5.74) is 7.12. The van der Waals surface area contributed by atoms with Gasteiger partial charge in [-0.15, -0.1) is 0 Å². The van der Waals surface area contributed by atoms with Gasteiger partial charge in [0.25, 0.3) is 0 Å². The lowest BCUT2D eigenvalue weighted by Crippen LogP contribution is -2.26. The second-order valence-corrected chi connectivity index (χ2v) is 3.92. The molecule has 82 valence electrons. The molecule has 2 N–H and O–H groups in total. The third-order valence-corrected chi connectivity index (χ3v) is 2.74. The quantitative estimate of drug-likeness (QED) is 0.816. The van der Waals surface area contributed by atoms with Gasteiger partial charge in [0.2, 0.25) is 0 Å². The fraction of sp³-hybridized carbons (Fsp3) is 0.500. The topological polar surface area (TPSA) is 38.5 Å². The molecule has 0 unspecified atom stereocenters. The van der Waals surface area contributed by atoms with Gasteiger partial charge >= 0.3 is 0 Å². The molecule has 1 aliphatic rings. The van der Waals surface area contributed by atoms with E-state index in [1.54, 1.807) is 0 Å². The van der Waals surface area contributed by atoms with Crippen LogP contribution >= 0.6 is 0 Å². The number of ether oxygens (including phenoxy) is 1. The molecule has 3 heteroatoms. The van der Waals surface area contributed by atoms with Crippen LogP contribution in [0.15, 0.2) is 24.3 Å². The molecule has 0 spiro atoms. The summed E-state index contributed by atoms with van der Waals surface area (Å²) in [5, 5.41) is 0. The summed E-state index contributed by atoms with van der Waals surface area (Å²) >= 11 is 0. The van der Waals surface area contributed by atoms with Crippen LogP contribution in [0.5, 0.6) is 5.75 Å². The summed E-state index contributed by atoms with van der Waals surface area (Å²) in [7, 11) is 0. The molecule has 0 radical (unpaired) electrons. The van der Waals surface area contributed by atoms with Crippen molar-refractivity contribution in [1.29, 1.82) is 0 Å². The van der Waals surface area contributed by atoms with Crippen molar-refractivity contribution in [1.82, 2.24) is 0 Å². The molecule has 0 saturated carbocycles. The summed E-state index contributed by atoms with van der Waals surface area (Å²) in [6.07, 6.45) is 1.09. The Hall–Kier alpha value is -1.22. The molecule has 0 aliphatic carbocycles. The molecular weight excluding hydrogens is 188 g/mol. The zero-order valence-electron chi connectivity index (χ0n) is 9.15. The SMILES string of the molecule is CCOc1ccc(N2CC[C@H](N)C2)cc1. The third-order valence-electron chi connectivity index (χ3n) is 2.74. The van der Waals surface area contributed by atoms with Crippen molar-refractivity contribution >= 4 is 5.69 Å². The highest BCUT2D eigenvalue weighted by Crippen LogP contribution is 2.22. The Morgan fingerprint density at radius 2 is 2.13 bits per heavy atom. The average Bonchev–Trinajstić information content (AvgIpc) is 2.67. The fourth-order valence-electron chi connectivity index (χ4n) is 1.94. The van der Waals surface area contributed by atoms with Gasteiger partial charge in [0.15, 0.2) is 0 Å². The van der Waals surface area contributed by atoms with E-state index in [1.807, 2.05) is 19.1 Å². The maximum absolute atomic E-state index is 5.87. The third kappa shape index (κ3) is 2.42. The lowest BCUT2D eigenvalue weighted by molar-refractivity contribution is 0.340. The second-order valence-electron chi connectivity index (χ2n) is 3.92. The van der Waals surface area contributed by atoms with Gasteiger partial charge in [-0.2, -0.15) is 0 Å². The standard InChI is InChI=1S/C12H18N2O/c1-2-15-12-5-3-11(4-6-12)14-8-7-10(13)9-14/h3-6,10H,2,7-9,13H2,1H3/t10-/m0/s1. The first-order chi connectivity index (χ1) is 7.29. The number of anilines is 1. The molecule has 2 rings (SSSR count).